The van der Waals surface area contributed by atoms with Crippen molar-refractivity contribution in [1.82, 2.24) is 30.2 Å². The van der Waals surface area contributed by atoms with Crippen molar-refractivity contribution < 1.29 is 18.0 Å². The van der Waals surface area contributed by atoms with Crippen molar-refractivity contribution in [1.29, 1.82) is 0 Å². The minimum Gasteiger partial charge on any atom is -0.347 e. The second kappa shape index (κ2) is 7.81. The fraction of sp³-hybridized carbons (Fsp3) is 0.500. The molecule has 1 saturated carbocycles. The highest BCUT2D eigenvalue weighted by Gasteiger charge is 2.30. The van der Waals surface area contributed by atoms with Crippen LogP contribution in [0.25, 0.3) is 5.82 Å². The number of halogens is 3. The monoisotopic (exact) mass is 368 g/mol. The van der Waals surface area contributed by atoms with Crippen LogP contribution in [0.5, 0.6) is 0 Å². The first-order chi connectivity index (χ1) is 12.4. The Bertz CT molecular complexity index is 726. The van der Waals surface area contributed by atoms with Crippen LogP contribution in [-0.2, 0) is 0 Å². The van der Waals surface area contributed by atoms with Crippen LogP contribution in [0.4, 0.5) is 13.2 Å². The second-order valence-electron chi connectivity index (χ2n) is 6.23. The van der Waals surface area contributed by atoms with Gasteiger partial charge in [0, 0.05) is 30.7 Å². The first kappa shape index (κ1) is 18.3. The van der Waals surface area contributed by atoms with Gasteiger partial charge in [-0.25, -0.2) is 15.0 Å². The number of amides is 1. The van der Waals surface area contributed by atoms with Crippen LogP contribution in [0, 0.1) is 0 Å². The summed E-state index contributed by atoms with van der Waals surface area (Å²) in [6, 6.07) is 1.40. The maximum absolute atomic E-state index is 12.3. The molecule has 2 heterocycles. The summed E-state index contributed by atoms with van der Waals surface area (Å²) in [7, 11) is 0. The van der Waals surface area contributed by atoms with E-state index >= 15 is 0 Å². The molecule has 0 bridgehead atoms. The van der Waals surface area contributed by atoms with Crippen molar-refractivity contribution >= 4 is 5.91 Å². The van der Waals surface area contributed by atoms with Crippen molar-refractivity contribution in [3.8, 4) is 5.82 Å². The number of hydrogen-bond acceptors (Lipinski definition) is 5. The number of nitrogens with zero attached hydrogens (tertiary/aromatic N) is 4. The number of nitrogens with one attached hydrogen (secondary N) is 2. The summed E-state index contributed by atoms with van der Waals surface area (Å²) in [6.45, 7) is -0.983. The van der Waals surface area contributed by atoms with E-state index in [0.717, 1.165) is 0 Å². The van der Waals surface area contributed by atoms with Gasteiger partial charge in [0.05, 0.1) is 6.54 Å². The van der Waals surface area contributed by atoms with Gasteiger partial charge in [-0.1, -0.05) is 0 Å². The third-order valence-electron chi connectivity index (χ3n) is 4.27. The third-order valence-corrected chi connectivity index (χ3v) is 4.27. The first-order valence-electron chi connectivity index (χ1n) is 8.33. The van der Waals surface area contributed by atoms with Gasteiger partial charge in [0.2, 0.25) is 5.82 Å². The lowest BCUT2D eigenvalue weighted by atomic mass is 9.91. The normalized spacial score (nSPS) is 20.7. The molecule has 2 aromatic rings. The van der Waals surface area contributed by atoms with Crippen molar-refractivity contribution in [3.63, 3.8) is 0 Å². The van der Waals surface area contributed by atoms with Gasteiger partial charge >= 0.3 is 6.18 Å². The molecule has 140 valence electrons. The van der Waals surface area contributed by atoms with Gasteiger partial charge in [0.25, 0.3) is 5.91 Å². The Hall–Kier alpha value is -2.49. The number of aromatic nitrogens is 4. The predicted molar refractivity (Wildman–Crippen MR) is 86.7 cm³/mol. The summed E-state index contributed by atoms with van der Waals surface area (Å²) in [5.41, 5.74) is 0. The van der Waals surface area contributed by atoms with Crippen molar-refractivity contribution in [2.24, 2.45) is 0 Å². The lowest BCUT2D eigenvalue weighted by Crippen LogP contribution is -2.44. The van der Waals surface area contributed by atoms with E-state index in [1.165, 1.54) is 6.20 Å². The van der Waals surface area contributed by atoms with E-state index in [4.69, 9.17) is 0 Å². The topological polar surface area (TPSA) is 84.7 Å². The zero-order valence-electron chi connectivity index (χ0n) is 13.9. The molecule has 2 aromatic heterocycles. The molecule has 0 atom stereocenters. The Morgan fingerprint density at radius 1 is 1.19 bits per heavy atom. The average molecular weight is 368 g/mol. The summed E-state index contributed by atoms with van der Waals surface area (Å²) < 4.78 is 38.4. The molecular weight excluding hydrogens is 349 g/mol. The molecule has 1 aliphatic rings. The first-order valence-corrected chi connectivity index (χ1v) is 8.33. The molecule has 7 nitrogen and oxygen atoms in total. The van der Waals surface area contributed by atoms with E-state index in [1.54, 1.807) is 29.4 Å². The zero-order valence-corrected chi connectivity index (χ0v) is 13.9. The van der Waals surface area contributed by atoms with Gasteiger partial charge in [-0.05, 0) is 31.7 Å². The Kier molecular flexibility index (Phi) is 5.50. The second-order valence-corrected chi connectivity index (χ2v) is 6.23. The SMILES string of the molecule is O=C(N[C@H]1CC[C@H](NCC(F)(F)F)CC1)c1nccc(-n2ccnc2)n1. The molecule has 0 aliphatic heterocycles. The van der Waals surface area contributed by atoms with Crippen LogP contribution in [0.2, 0.25) is 0 Å². The van der Waals surface area contributed by atoms with Gasteiger partial charge in [-0.3, -0.25) is 9.36 Å². The minimum atomic E-state index is -4.21. The number of carbonyl (C=O) groups is 1. The maximum atomic E-state index is 12.3. The average Bonchev–Trinajstić information content (AvgIpc) is 3.15. The number of carbonyl (C=O) groups excluding carboxylic acids is 1. The van der Waals surface area contributed by atoms with Crippen molar-refractivity contribution in [2.75, 3.05) is 6.54 Å². The van der Waals surface area contributed by atoms with E-state index in [9.17, 15) is 18.0 Å². The largest absolute Gasteiger partial charge is 0.401 e. The van der Waals surface area contributed by atoms with Gasteiger partial charge in [0.1, 0.15) is 12.1 Å². The Balaban J connectivity index is 1.51. The molecule has 2 N–H and O–H groups in total. The van der Waals surface area contributed by atoms with Crippen LogP contribution in [-0.4, -0.2) is 50.2 Å². The maximum Gasteiger partial charge on any atom is 0.401 e. The highest BCUT2D eigenvalue weighted by molar-refractivity contribution is 5.90. The van der Waals surface area contributed by atoms with Crippen molar-refractivity contribution in [2.45, 2.75) is 43.9 Å². The highest BCUT2D eigenvalue weighted by atomic mass is 19.4. The predicted octanol–water partition coefficient (Wildman–Crippen LogP) is 1.86. The van der Waals surface area contributed by atoms with E-state index in [2.05, 4.69) is 25.6 Å². The standard InChI is InChI=1S/C16H19F3N6O/c17-16(18,19)9-22-11-1-3-12(4-2-11)23-15(26)14-21-6-5-13(24-14)25-8-7-20-10-25/h5-8,10-12,22H,1-4,9H2,(H,23,26)/t11-,12-. The molecule has 0 unspecified atom stereocenters. The van der Waals surface area contributed by atoms with Crippen LogP contribution in [0.15, 0.2) is 31.0 Å². The third kappa shape index (κ3) is 5.01. The summed E-state index contributed by atoms with van der Waals surface area (Å²) in [6.07, 6.45) is 4.56. The Morgan fingerprint density at radius 3 is 2.58 bits per heavy atom. The Labute approximate surface area is 148 Å². The van der Waals surface area contributed by atoms with Gasteiger partial charge in [-0.2, -0.15) is 13.2 Å². The molecule has 1 aliphatic carbocycles. The molecule has 26 heavy (non-hydrogen) atoms. The zero-order chi connectivity index (χ0) is 18.6. The smallest absolute Gasteiger partial charge is 0.347 e. The summed E-state index contributed by atoms with van der Waals surface area (Å²) in [4.78, 5) is 24.5. The molecule has 1 amide bonds. The Morgan fingerprint density at radius 2 is 1.92 bits per heavy atom. The fourth-order valence-corrected chi connectivity index (χ4v) is 2.95. The minimum absolute atomic E-state index is 0.0496. The fourth-order valence-electron chi connectivity index (χ4n) is 2.95. The molecule has 0 radical (unpaired) electrons. The number of hydrogen-bond donors (Lipinski definition) is 2. The van der Waals surface area contributed by atoms with Crippen LogP contribution < -0.4 is 10.6 Å². The highest BCUT2D eigenvalue weighted by Crippen LogP contribution is 2.21. The van der Waals surface area contributed by atoms with Crippen LogP contribution in [0.1, 0.15) is 36.3 Å². The molecular formula is C16H19F3N6O. The lowest BCUT2D eigenvalue weighted by Gasteiger charge is -2.29. The van der Waals surface area contributed by atoms with E-state index in [-0.39, 0.29) is 17.9 Å². The number of rotatable bonds is 5. The quantitative estimate of drug-likeness (QED) is 0.842. The summed E-state index contributed by atoms with van der Waals surface area (Å²) in [5, 5.41) is 5.38. The van der Waals surface area contributed by atoms with Crippen LogP contribution in [0.3, 0.4) is 0 Å². The molecule has 10 heteroatoms. The molecule has 0 spiro atoms. The summed E-state index contributed by atoms with van der Waals surface area (Å²) >= 11 is 0. The van der Waals surface area contributed by atoms with E-state index < -0.39 is 18.6 Å². The van der Waals surface area contributed by atoms with Gasteiger partial charge < -0.3 is 10.6 Å². The number of alkyl halides is 3. The molecule has 3 rings (SSSR count). The van der Waals surface area contributed by atoms with Gasteiger partial charge in [-0.15, -0.1) is 0 Å². The van der Waals surface area contributed by atoms with Gasteiger partial charge in [0.15, 0.2) is 0 Å². The van der Waals surface area contributed by atoms with E-state index in [0.29, 0.717) is 31.5 Å². The van der Waals surface area contributed by atoms with Crippen LogP contribution >= 0.6 is 0 Å². The summed E-state index contributed by atoms with van der Waals surface area (Å²) in [5.74, 6) is 0.190. The molecule has 0 aromatic carbocycles. The molecule has 1 fully saturated rings. The van der Waals surface area contributed by atoms with E-state index in [1.807, 2.05) is 0 Å². The molecule has 0 saturated heterocycles. The van der Waals surface area contributed by atoms with Crippen molar-refractivity contribution in [3.05, 3.63) is 36.8 Å². The number of imidazole rings is 1. The lowest BCUT2D eigenvalue weighted by molar-refractivity contribution is -0.126.